The Kier molecular flexibility index (Phi) is 4.53. The quantitative estimate of drug-likeness (QED) is 0.866. The third kappa shape index (κ3) is 3.19. The molecule has 0 aliphatic carbocycles. The average Bonchev–Trinajstić information content (AvgIpc) is 2.86. The van der Waals surface area contributed by atoms with Crippen molar-refractivity contribution < 1.29 is 19.2 Å². The van der Waals surface area contributed by atoms with Crippen molar-refractivity contribution in [3.8, 4) is 0 Å². The highest BCUT2D eigenvalue weighted by Crippen LogP contribution is 2.36. The lowest BCUT2D eigenvalue weighted by Gasteiger charge is -2.16. The number of urea groups is 1. The first-order chi connectivity index (χ1) is 12.4. The fraction of sp³-hybridized carbons (Fsp3) is 0.158. The molecule has 26 heavy (non-hydrogen) atoms. The maximum Gasteiger partial charge on any atom is 0.335 e. The predicted octanol–water partition coefficient (Wildman–Crippen LogP) is 2.07. The standard InChI is InChI=1S/C19H17N3O4/c1-11-8-9-15-14(10-11)16(18(25)22(15)19(26)20-12(2)23)21-17(24)13-6-4-3-5-7-13/h3-10,16H,1-2H3,(H,21,24)(H,20,23,26). The summed E-state index contributed by atoms with van der Waals surface area (Å²) in [7, 11) is 0. The largest absolute Gasteiger partial charge is 0.336 e. The van der Waals surface area contributed by atoms with Gasteiger partial charge in [-0.05, 0) is 25.1 Å². The molecule has 132 valence electrons. The van der Waals surface area contributed by atoms with Gasteiger partial charge in [-0.25, -0.2) is 9.69 Å². The van der Waals surface area contributed by atoms with Gasteiger partial charge in [-0.1, -0.05) is 35.9 Å². The molecule has 1 aliphatic rings. The van der Waals surface area contributed by atoms with E-state index < -0.39 is 29.8 Å². The third-order valence-electron chi connectivity index (χ3n) is 4.00. The van der Waals surface area contributed by atoms with Crippen molar-refractivity contribution in [2.24, 2.45) is 0 Å². The zero-order valence-electron chi connectivity index (χ0n) is 14.3. The fourth-order valence-corrected chi connectivity index (χ4v) is 2.85. The Morgan fingerprint density at radius 3 is 2.38 bits per heavy atom. The maximum atomic E-state index is 12.8. The summed E-state index contributed by atoms with van der Waals surface area (Å²) in [5, 5.41) is 4.76. The molecule has 0 saturated carbocycles. The number of carbonyl (C=O) groups is 4. The minimum Gasteiger partial charge on any atom is -0.336 e. The SMILES string of the molecule is CC(=O)NC(=O)N1C(=O)C(NC(=O)c2ccccc2)c2cc(C)ccc21. The number of imide groups is 2. The molecule has 2 N–H and O–H groups in total. The van der Waals surface area contributed by atoms with Crippen LogP contribution in [0.4, 0.5) is 10.5 Å². The molecule has 0 aromatic heterocycles. The summed E-state index contributed by atoms with van der Waals surface area (Å²) in [5.41, 5.74) is 2.14. The summed E-state index contributed by atoms with van der Waals surface area (Å²) in [6.07, 6.45) is 0. The van der Waals surface area contributed by atoms with E-state index in [1.165, 1.54) is 6.92 Å². The van der Waals surface area contributed by atoms with Crippen LogP contribution in [0.25, 0.3) is 0 Å². The van der Waals surface area contributed by atoms with E-state index in [4.69, 9.17) is 0 Å². The number of anilines is 1. The van der Waals surface area contributed by atoms with Crippen LogP contribution in [0.15, 0.2) is 48.5 Å². The molecule has 0 saturated heterocycles. The highest BCUT2D eigenvalue weighted by Gasteiger charge is 2.42. The molecule has 0 bridgehead atoms. The second-order valence-electron chi connectivity index (χ2n) is 5.99. The van der Waals surface area contributed by atoms with Gasteiger partial charge in [0.15, 0.2) is 0 Å². The van der Waals surface area contributed by atoms with Crippen molar-refractivity contribution >= 4 is 29.4 Å². The summed E-state index contributed by atoms with van der Waals surface area (Å²) < 4.78 is 0. The van der Waals surface area contributed by atoms with E-state index in [9.17, 15) is 19.2 Å². The molecular formula is C19H17N3O4. The maximum absolute atomic E-state index is 12.8. The van der Waals surface area contributed by atoms with Gasteiger partial charge in [0.25, 0.3) is 11.8 Å². The first-order valence-electron chi connectivity index (χ1n) is 8.00. The number of rotatable bonds is 2. The summed E-state index contributed by atoms with van der Waals surface area (Å²) in [5.74, 6) is -1.62. The van der Waals surface area contributed by atoms with E-state index in [-0.39, 0.29) is 0 Å². The van der Waals surface area contributed by atoms with Gasteiger partial charge < -0.3 is 5.32 Å². The van der Waals surface area contributed by atoms with Gasteiger partial charge in [0.1, 0.15) is 6.04 Å². The van der Waals surface area contributed by atoms with Crippen LogP contribution < -0.4 is 15.5 Å². The predicted molar refractivity (Wildman–Crippen MR) is 94.5 cm³/mol. The molecule has 1 unspecified atom stereocenters. The molecule has 2 aromatic carbocycles. The van der Waals surface area contributed by atoms with Crippen LogP contribution in [-0.2, 0) is 9.59 Å². The number of hydrogen-bond donors (Lipinski definition) is 2. The van der Waals surface area contributed by atoms with E-state index >= 15 is 0 Å². The molecule has 5 amide bonds. The summed E-state index contributed by atoms with van der Waals surface area (Å²) >= 11 is 0. The number of amides is 5. The highest BCUT2D eigenvalue weighted by atomic mass is 16.2. The molecule has 0 fully saturated rings. The number of aryl methyl sites for hydroxylation is 1. The minimum absolute atomic E-state index is 0.345. The van der Waals surface area contributed by atoms with Crippen molar-refractivity contribution in [3.63, 3.8) is 0 Å². The van der Waals surface area contributed by atoms with Crippen molar-refractivity contribution in [2.45, 2.75) is 19.9 Å². The van der Waals surface area contributed by atoms with E-state index in [1.807, 2.05) is 6.92 Å². The number of benzene rings is 2. The second-order valence-corrected chi connectivity index (χ2v) is 5.99. The number of nitrogens with one attached hydrogen (secondary N) is 2. The minimum atomic E-state index is -1.00. The molecule has 7 heteroatoms. The number of hydrogen-bond acceptors (Lipinski definition) is 4. The van der Waals surface area contributed by atoms with E-state index in [0.29, 0.717) is 16.8 Å². The molecule has 0 radical (unpaired) electrons. The molecular weight excluding hydrogens is 334 g/mol. The van der Waals surface area contributed by atoms with Gasteiger partial charge in [-0.3, -0.25) is 19.7 Å². The zero-order chi connectivity index (χ0) is 18.8. The Balaban J connectivity index is 1.95. The molecule has 1 atom stereocenters. The van der Waals surface area contributed by atoms with Gasteiger partial charge in [-0.2, -0.15) is 0 Å². The van der Waals surface area contributed by atoms with Crippen molar-refractivity contribution in [1.29, 1.82) is 0 Å². The Morgan fingerprint density at radius 2 is 1.73 bits per heavy atom. The fourth-order valence-electron chi connectivity index (χ4n) is 2.85. The van der Waals surface area contributed by atoms with Crippen molar-refractivity contribution in [2.75, 3.05) is 4.90 Å². The topological polar surface area (TPSA) is 95.6 Å². The van der Waals surface area contributed by atoms with Gasteiger partial charge in [0.05, 0.1) is 5.69 Å². The summed E-state index contributed by atoms with van der Waals surface area (Å²) in [4.78, 5) is 49.6. The molecule has 1 aliphatic heterocycles. The normalized spacial score (nSPS) is 15.4. The molecule has 0 spiro atoms. The van der Waals surface area contributed by atoms with E-state index in [2.05, 4.69) is 10.6 Å². The zero-order valence-corrected chi connectivity index (χ0v) is 14.3. The van der Waals surface area contributed by atoms with Crippen LogP contribution in [0.1, 0.15) is 34.5 Å². The van der Waals surface area contributed by atoms with E-state index in [1.54, 1.807) is 48.5 Å². The van der Waals surface area contributed by atoms with Crippen LogP contribution in [0.3, 0.4) is 0 Å². The van der Waals surface area contributed by atoms with Crippen molar-refractivity contribution in [3.05, 3.63) is 65.2 Å². The summed E-state index contributed by atoms with van der Waals surface area (Å²) in [6, 6.07) is 11.7. The lowest BCUT2D eigenvalue weighted by atomic mass is 10.0. The molecule has 2 aromatic rings. The van der Waals surface area contributed by atoms with Crippen LogP contribution in [0.2, 0.25) is 0 Å². The van der Waals surface area contributed by atoms with Crippen LogP contribution in [-0.4, -0.2) is 23.8 Å². The molecule has 3 rings (SSSR count). The Morgan fingerprint density at radius 1 is 1.04 bits per heavy atom. The lowest BCUT2D eigenvalue weighted by molar-refractivity contribution is -0.119. The number of nitrogens with zero attached hydrogens (tertiary/aromatic N) is 1. The molecule has 1 heterocycles. The van der Waals surface area contributed by atoms with Gasteiger partial charge in [0.2, 0.25) is 5.91 Å². The van der Waals surface area contributed by atoms with Gasteiger partial charge in [0, 0.05) is 18.1 Å². The Labute approximate surface area is 150 Å². The average molecular weight is 351 g/mol. The van der Waals surface area contributed by atoms with E-state index in [0.717, 1.165) is 10.5 Å². The number of fused-ring (bicyclic) bond motifs is 1. The highest BCUT2D eigenvalue weighted by molar-refractivity contribution is 6.23. The van der Waals surface area contributed by atoms with Crippen LogP contribution >= 0.6 is 0 Å². The number of carbonyl (C=O) groups excluding carboxylic acids is 4. The molecule has 7 nitrogen and oxygen atoms in total. The third-order valence-corrected chi connectivity index (χ3v) is 4.00. The van der Waals surface area contributed by atoms with Crippen LogP contribution in [0, 0.1) is 6.92 Å². The monoisotopic (exact) mass is 351 g/mol. The second kappa shape index (κ2) is 6.79. The van der Waals surface area contributed by atoms with Crippen molar-refractivity contribution in [1.82, 2.24) is 10.6 Å². The Hall–Kier alpha value is -3.48. The Bertz CT molecular complexity index is 908. The lowest BCUT2D eigenvalue weighted by Crippen LogP contribution is -2.46. The summed E-state index contributed by atoms with van der Waals surface area (Å²) in [6.45, 7) is 3.03. The van der Waals surface area contributed by atoms with Gasteiger partial charge in [-0.15, -0.1) is 0 Å². The first kappa shape index (κ1) is 17.3. The van der Waals surface area contributed by atoms with Crippen LogP contribution in [0.5, 0.6) is 0 Å². The smallest absolute Gasteiger partial charge is 0.335 e. The first-order valence-corrected chi connectivity index (χ1v) is 8.00. The van der Waals surface area contributed by atoms with Gasteiger partial charge >= 0.3 is 6.03 Å².